The number of hydrogen-bond donors (Lipinski definition) is 1. The van der Waals surface area contributed by atoms with Crippen molar-refractivity contribution in [3.8, 4) is 0 Å². The van der Waals surface area contributed by atoms with Crippen molar-refractivity contribution in [2.45, 2.75) is 18.6 Å². The predicted molar refractivity (Wildman–Crippen MR) is 64.1 cm³/mol. The van der Waals surface area contributed by atoms with E-state index in [0.29, 0.717) is 0 Å². The number of nitrogens with one attached hydrogen (secondary N) is 1. The molecule has 16 heavy (non-hydrogen) atoms. The molecule has 0 bridgehead atoms. The molecule has 1 aromatic rings. The van der Waals surface area contributed by atoms with Crippen molar-refractivity contribution >= 4 is 22.9 Å². The van der Waals surface area contributed by atoms with Crippen molar-refractivity contribution in [1.29, 1.82) is 0 Å². The van der Waals surface area contributed by atoms with E-state index in [1.54, 1.807) is 0 Å². The largest absolute Gasteiger partial charge is 0.287 e. The third kappa shape index (κ3) is 2.11. The normalized spacial score (nSPS) is 25.3. The van der Waals surface area contributed by atoms with Gasteiger partial charge < -0.3 is 0 Å². The molecule has 1 saturated heterocycles. The van der Waals surface area contributed by atoms with Crippen LogP contribution in [-0.2, 0) is 4.79 Å². The Kier molecular flexibility index (Phi) is 3.29. The minimum absolute atomic E-state index is 0.0487. The zero-order chi connectivity index (χ0) is 11.5. The number of amides is 2. The van der Waals surface area contributed by atoms with Gasteiger partial charge in [-0.1, -0.05) is 49.0 Å². The van der Waals surface area contributed by atoms with Crippen molar-refractivity contribution in [3.63, 3.8) is 0 Å². The van der Waals surface area contributed by atoms with Crippen LogP contribution in [-0.4, -0.2) is 11.1 Å². The molecular formula is C12H13NO2S. The summed E-state index contributed by atoms with van der Waals surface area (Å²) in [5.74, 6) is -0.273. The Balaban J connectivity index is 2.30. The minimum Gasteiger partial charge on any atom is -0.287 e. The number of rotatable bonds is 2. The first kappa shape index (κ1) is 11.2. The van der Waals surface area contributed by atoms with Crippen LogP contribution in [0.3, 0.4) is 0 Å². The van der Waals surface area contributed by atoms with E-state index in [1.807, 2.05) is 37.3 Å². The zero-order valence-electron chi connectivity index (χ0n) is 8.97. The van der Waals surface area contributed by atoms with Crippen LogP contribution in [0, 0.1) is 5.92 Å². The molecule has 0 radical (unpaired) electrons. The van der Waals surface area contributed by atoms with E-state index in [-0.39, 0.29) is 22.3 Å². The van der Waals surface area contributed by atoms with Crippen LogP contribution in [0.5, 0.6) is 0 Å². The third-order valence-corrected chi connectivity index (χ3v) is 3.90. The van der Waals surface area contributed by atoms with E-state index in [4.69, 9.17) is 0 Å². The third-order valence-electron chi connectivity index (χ3n) is 2.73. The maximum absolute atomic E-state index is 11.7. The van der Waals surface area contributed by atoms with E-state index in [1.165, 1.54) is 11.8 Å². The summed E-state index contributed by atoms with van der Waals surface area (Å²) >= 11 is 1.21. The summed E-state index contributed by atoms with van der Waals surface area (Å²) in [5, 5.41) is 2.07. The highest BCUT2D eigenvalue weighted by molar-refractivity contribution is 8.13. The highest BCUT2D eigenvalue weighted by Crippen LogP contribution is 2.40. The lowest BCUT2D eigenvalue weighted by Gasteiger charge is -2.28. The Morgan fingerprint density at radius 2 is 1.94 bits per heavy atom. The van der Waals surface area contributed by atoms with E-state index in [2.05, 4.69) is 5.32 Å². The van der Waals surface area contributed by atoms with Gasteiger partial charge in [-0.25, -0.2) is 0 Å². The number of imide groups is 1. The first-order valence-corrected chi connectivity index (χ1v) is 6.16. The molecule has 2 unspecified atom stereocenters. The van der Waals surface area contributed by atoms with E-state index < -0.39 is 0 Å². The van der Waals surface area contributed by atoms with Gasteiger partial charge in [-0.2, -0.15) is 0 Å². The highest BCUT2D eigenvalue weighted by Gasteiger charge is 2.36. The van der Waals surface area contributed by atoms with Gasteiger partial charge in [-0.15, -0.1) is 0 Å². The molecule has 1 aliphatic rings. The molecule has 2 atom stereocenters. The second-order valence-corrected chi connectivity index (χ2v) is 4.85. The summed E-state index contributed by atoms with van der Waals surface area (Å²) < 4.78 is 0. The van der Waals surface area contributed by atoms with Crippen molar-refractivity contribution in [2.24, 2.45) is 5.92 Å². The first-order chi connectivity index (χ1) is 7.72. The van der Waals surface area contributed by atoms with Crippen LogP contribution in [0.25, 0.3) is 0 Å². The maximum atomic E-state index is 11.7. The number of hydrogen-bond acceptors (Lipinski definition) is 3. The molecule has 84 valence electrons. The molecule has 1 N–H and O–H groups in total. The van der Waals surface area contributed by atoms with Crippen LogP contribution in [0.2, 0.25) is 0 Å². The molecule has 2 amide bonds. The maximum Gasteiger partial charge on any atom is 0.286 e. The van der Waals surface area contributed by atoms with Gasteiger partial charge in [0.15, 0.2) is 0 Å². The van der Waals surface area contributed by atoms with E-state index in [9.17, 15) is 9.59 Å². The predicted octanol–water partition coefficient (Wildman–Crippen LogP) is 2.74. The van der Waals surface area contributed by atoms with Crippen LogP contribution in [0.1, 0.15) is 24.2 Å². The molecule has 1 aromatic carbocycles. The Bertz CT molecular complexity index is 405. The second kappa shape index (κ2) is 4.70. The monoisotopic (exact) mass is 235 g/mol. The van der Waals surface area contributed by atoms with Gasteiger partial charge >= 0.3 is 0 Å². The zero-order valence-corrected chi connectivity index (χ0v) is 9.79. The average Bonchev–Trinajstić information content (AvgIpc) is 2.29. The molecule has 1 fully saturated rings. The summed E-state index contributed by atoms with van der Waals surface area (Å²) in [7, 11) is 0. The van der Waals surface area contributed by atoms with Crippen molar-refractivity contribution in [1.82, 2.24) is 5.32 Å². The lowest BCUT2D eigenvalue weighted by molar-refractivity contribution is -0.124. The lowest BCUT2D eigenvalue weighted by atomic mass is 9.95. The summed E-state index contributed by atoms with van der Waals surface area (Å²) in [6.07, 6.45) is 0.742. The number of carbonyl (C=O) groups is 2. The second-order valence-electron chi connectivity index (χ2n) is 3.74. The molecule has 1 aliphatic heterocycles. The van der Waals surface area contributed by atoms with Crippen LogP contribution < -0.4 is 5.32 Å². The van der Waals surface area contributed by atoms with Gasteiger partial charge in [0.2, 0.25) is 5.91 Å². The van der Waals surface area contributed by atoms with Crippen molar-refractivity contribution in [2.75, 3.05) is 0 Å². The highest BCUT2D eigenvalue weighted by atomic mass is 32.2. The number of benzene rings is 1. The SMILES string of the molecule is CCC1C(=O)NC(=O)SC1c1ccccc1. The molecule has 3 nitrogen and oxygen atoms in total. The Morgan fingerprint density at radius 1 is 1.25 bits per heavy atom. The average molecular weight is 235 g/mol. The van der Waals surface area contributed by atoms with E-state index in [0.717, 1.165) is 12.0 Å². The topological polar surface area (TPSA) is 46.2 Å². The molecule has 0 aromatic heterocycles. The van der Waals surface area contributed by atoms with Crippen molar-refractivity contribution < 1.29 is 9.59 Å². The Hall–Kier alpha value is -1.29. The van der Waals surface area contributed by atoms with Gasteiger partial charge in [-0.3, -0.25) is 14.9 Å². The van der Waals surface area contributed by atoms with Crippen LogP contribution in [0.4, 0.5) is 4.79 Å². The molecule has 0 saturated carbocycles. The fourth-order valence-electron chi connectivity index (χ4n) is 1.90. The summed E-state index contributed by atoms with van der Waals surface area (Å²) in [6, 6.07) is 9.72. The van der Waals surface area contributed by atoms with Crippen LogP contribution in [0.15, 0.2) is 30.3 Å². The van der Waals surface area contributed by atoms with Gasteiger partial charge in [-0.05, 0) is 12.0 Å². The molecule has 0 aliphatic carbocycles. The van der Waals surface area contributed by atoms with Gasteiger partial charge in [0.25, 0.3) is 5.24 Å². The quantitative estimate of drug-likeness (QED) is 0.857. The molecule has 4 heteroatoms. The number of thioether (sulfide) groups is 1. The van der Waals surface area contributed by atoms with E-state index >= 15 is 0 Å². The Labute approximate surface area is 98.6 Å². The van der Waals surface area contributed by atoms with Gasteiger partial charge in [0, 0.05) is 0 Å². The molecule has 1 heterocycles. The van der Waals surface area contributed by atoms with Gasteiger partial charge in [0.1, 0.15) is 0 Å². The molecule has 2 rings (SSSR count). The summed E-state index contributed by atoms with van der Waals surface area (Å²) in [5.41, 5.74) is 1.04. The van der Waals surface area contributed by atoms with Gasteiger partial charge in [0.05, 0.1) is 11.2 Å². The smallest absolute Gasteiger partial charge is 0.286 e. The fourth-order valence-corrected chi connectivity index (χ4v) is 3.06. The fraction of sp³-hybridized carbons (Fsp3) is 0.333. The minimum atomic E-state index is -0.247. The lowest BCUT2D eigenvalue weighted by Crippen LogP contribution is -2.40. The first-order valence-electron chi connectivity index (χ1n) is 5.28. The Morgan fingerprint density at radius 3 is 2.56 bits per heavy atom. The molecule has 0 spiro atoms. The number of carbonyl (C=O) groups excluding carboxylic acids is 2. The van der Waals surface area contributed by atoms with Crippen molar-refractivity contribution in [3.05, 3.63) is 35.9 Å². The summed E-state index contributed by atoms with van der Waals surface area (Å²) in [4.78, 5) is 23.0. The van der Waals surface area contributed by atoms with Crippen LogP contribution >= 0.6 is 11.8 Å². The standard InChI is InChI=1S/C12H13NO2S/c1-2-9-10(8-6-4-3-5-7-8)16-12(15)13-11(9)14/h3-7,9-10H,2H2,1H3,(H,13,14,15). The summed E-state index contributed by atoms with van der Waals surface area (Å²) in [6.45, 7) is 1.97. The molecular weight excluding hydrogens is 222 g/mol.